The predicted molar refractivity (Wildman–Crippen MR) is 130 cm³/mol. The van der Waals surface area contributed by atoms with E-state index in [9.17, 15) is 14.0 Å². The van der Waals surface area contributed by atoms with E-state index in [4.69, 9.17) is 16.2 Å². The molecule has 2 unspecified atom stereocenters. The first-order chi connectivity index (χ1) is 16.9. The van der Waals surface area contributed by atoms with Crippen LogP contribution in [0, 0.1) is 11.8 Å². The molecule has 2 fully saturated rings. The van der Waals surface area contributed by atoms with Gasteiger partial charge in [-0.1, -0.05) is 42.8 Å². The number of fused-ring (bicyclic) bond motifs is 1. The van der Waals surface area contributed by atoms with Crippen LogP contribution in [0.15, 0.2) is 48.5 Å². The number of halogens is 1. The summed E-state index contributed by atoms with van der Waals surface area (Å²) in [6.45, 7) is 0.297. The van der Waals surface area contributed by atoms with Crippen molar-refractivity contribution in [2.24, 2.45) is 17.6 Å². The van der Waals surface area contributed by atoms with Gasteiger partial charge in [-0.05, 0) is 42.4 Å². The van der Waals surface area contributed by atoms with Crippen LogP contribution in [0.4, 0.5) is 10.2 Å². The van der Waals surface area contributed by atoms with Crippen LogP contribution in [0.25, 0.3) is 11.3 Å². The molecule has 4 atom stereocenters. The topological polar surface area (TPSA) is 125 Å². The zero-order chi connectivity index (χ0) is 24.7. The molecule has 3 aromatic rings. The molecule has 9 heteroatoms. The number of anilines is 1. The Bertz CT molecular complexity index is 1270. The molecule has 2 saturated carbocycles. The Hall–Kier alpha value is -3.88. The smallest absolute Gasteiger partial charge is 0.255 e. The number of hydrogen-bond acceptors (Lipinski definition) is 5. The number of benzene rings is 2. The number of ether oxygens (including phenoxy) is 1. The molecule has 1 heterocycles. The first-order valence-electron chi connectivity index (χ1n) is 11.7. The van der Waals surface area contributed by atoms with Crippen molar-refractivity contribution >= 4 is 17.6 Å². The Morgan fingerprint density at radius 1 is 1.14 bits per heavy atom. The minimum atomic E-state index is -1.02. The number of para-hydroxylation sites is 1. The van der Waals surface area contributed by atoms with Gasteiger partial charge in [0.05, 0.1) is 18.7 Å². The van der Waals surface area contributed by atoms with Crippen LogP contribution in [0.2, 0.25) is 0 Å². The number of amides is 2. The second kappa shape index (κ2) is 9.05. The van der Waals surface area contributed by atoms with Gasteiger partial charge in [-0.15, -0.1) is 0 Å². The van der Waals surface area contributed by atoms with E-state index < -0.39 is 18.1 Å². The van der Waals surface area contributed by atoms with Crippen LogP contribution in [-0.2, 0) is 6.54 Å². The summed E-state index contributed by atoms with van der Waals surface area (Å²) in [5.41, 5.74) is 14.3. The lowest BCUT2D eigenvalue weighted by Gasteiger charge is -2.44. The highest BCUT2D eigenvalue weighted by Gasteiger charge is 2.55. The quantitative estimate of drug-likeness (QED) is 0.480. The lowest BCUT2D eigenvalue weighted by Crippen LogP contribution is -2.47. The molecule has 2 aliphatic rings. The van der Waals surface area contributed by atoms with Gasteiger partial charge >= 0.3 is 0 Å². The number of aromatic nitrogens is 2. The second-order valence-corrected chi connectivity index (χ2v) is 9.19. The van der Waals surface area contributed by atoms with Crippen molar-refractivity contribution < 1.29 is 18.7 Å². The Morgan fingerprint density at radius 3 is 2.57 bits per heavy atom. The van der Waals surface area contributed by atoms with Crippen LogP contribution in [0.5, 0.6) is 5.75 Å². The largest absolute Gasteiger partial charge is 0.496 e. The molecule has 0 spiro atoms. The third-order valence-electron chi connectivity index (χ3n) is 7.31. The summed E-state index contributed by atoms with van der Waals surface area (Å²) in [6.07, 6.45) is 1.80. The third-order valence-corrected chi connectivity index (χ3v) is 7.31. The van der Waals surface area contributed by atoms with E-state index in [1.807, 2.05) is 12.1 Å². The summed E-state index contributed by atoms with van der Waals surface area (Å²) < 4.78 is 21.6. The fraction of sp³-hybridized carbons (Fsp3) is 0.346. The number of nitrogens with zero attached hydrogens (tertiary/aromatic N) is 2. The fourth-order valence-corrected chi connectivity index (χ4v) is 5.51. The molecule has 0 aliphatic heterocycles. The van der Waals surface area contributed by atoms with Crippen LogP contribution in [0.3, 0.4) is 0 Å². The highest BCUT2D eigenvalue weighted by Crippen LogP contribution is 2.56. The van der Waals surface area contributed by atoms with E-state index in [1.165, 1.54) is 11.8 Å². The molecule has 5 rings (SSSR count). The maximum absolute atomic E-state index is 14.8. The standard InChI is InChI=1S/C26H28FN5O3/c1-35-19-8-3-2-5-18(19)26(34)30-13-14-9-11-15(12-10-14)22-20(25(29)33)24(28)32(31-22)23-17-7-4-6-16(17)21(23)27/h2-3,5,8-12,16-17,21,23H,4,6-7,13,28H2,1H3,(H2,29,33)(H,30,34)/t16-,17?,21?,23-/m1/s1. The second-order valence-electron chi connectivity index (χ2n) is 9.19. The van der Waals surface area contributed by atoms with Crippen molar-refractivity contribution in [3.05, 3.63) is 65.2 Å². The number of alkyl halides is 1. The molecule has 8 nitrogen and oxygen atoms in total. The average molecular weight is 478 g/mol. The number of carbonyl (C=O) groups is 2. The fourth-order valence-electron chi connectivity index (χ4n) is 5.51. The molecule has 0 bridgehead atoms. The van der Waals surface area contributed by atoms with Crippen LogP contribution in [-0.4, -0.2) is 34.9 Å². The Labute approximate surface area is 202 Å². The highest BCUT2D eigenvalue weighted by atomic mass is 19.1. The van der Waals surface area contributed by atoms with Crippen LogP contribution in [0.1, 0.15) is 51.6 Å². The molecule has 2 aromatic carbocycles. The van der Waals surface area contributed by atoms with Crippen LogP contribution >= 0.6 is 0 Å². The third kappa shape index (κ3) is 3.90. The lowest BCUT2D eigenvalue weighted by atomic mass is 9.69. The number of nitrogens with one attached hydrogen (secondary N) is 1. The molecule has 182 valence electrons. The van der Waals surface area contributed by atoms with E-state index in [2.05, 4.69) is 10.4 Å². The van der Waals surface area contributed by atoms with Gasteiger partial charge in [0.15, 0.2) is 0 Å². The number of primary amides is 1. The zero-order valence-electron chi connectivity index (χ0n) is 19.4. The molecule has 0 radical (unpaired) electrons. The summed E-state index contributed by atoms with van der Waals surface area (Å²) in [7, 11) is 1.52. The van der Waals surface area contributed by atoms with E-state index in [0.29, 0.717) is 29.1 Å². The number of nitrogens with two attached hydrogens (primary N) is 2. The molecule has 5 N–H and O–H groups in total. The van der Waals surface area contributed by atoms with Crippen molar-refractivity contribution in [1.29, 1.82) is 0 Å². The van der Waals surface area contributed by atoms with Crippen LogP contribution < -0.4 is 21.5 Å². The number of methoxy groups -OCH3 is 1. The van der Waals surface area contributed by atoms with Gasteiger partial charge in [-0.2, -0.15) is 5.10 Å². The van der Waals surface area contributed by atoms with Crippen molar-refractivity contribution in [3.63, 3.8) is 0 Å². The average Bonchev–Trinajstić information content (AvgIpc) is 3.44. The normalized spacial score (nSPS) is 22.8. The van der Waals surface area contributed by atoms with Crippen molar-refractivity contribution in [1.82, 2.24) is 15.1 Å². The van der Waals surface area contributed by atoms with Crippen molar-refractivity contribution in [3.8, 4) is 17.0 Å². The predicted octanol–water partition coefficient (Wildman–Crippen LogP) is 3.48. The minimum absolute atomic E-state index is 0.0504. The van der Waals surface area contributed by atoms with Gasteiger partial charge in [-0.25, -0.2) is 9.07 Å². The van der Waals surface area contributed by atoms with Gasteiger partial charge in [0.1, 0.15) is 29.0 Å². The van der Waals surface area contributed by atoms with Gasteiger partial charge in [0.2, 0.25) is 0 Å². The Morgan fingerprint density at radius 2 is 1.86 bits per heavy atom. The highest BCUT2D eigenvalue weighted by molar-refractivity contribution is 6.03. The molecule has 2 amide bonds. The van der Waals surface area contributed by atoms with E-state index in [-0.39, 0.29) is 29.1 Å². The Kier molecular flexibility index (Phi) is 5.92. The Balaban J connectivity index is 1.35. The lowest BCUT2D eigenvalue weighted by molar-refractivity contribution is -0.0214. The summed E-state index contributed by atoms with van der Waals surface area (Å²) >= 11 is 0. The van der Waals surface area contributed by atoms with Gasteiger partial charge in [-0.3, -0.25) is 9.59 Å². The molecule has 2 aliphatic carbocycles. The summed E-state index contributed by atoms with van der Waals surface area (Å²) in [6, 6.07) is 13.8. The zero-order valence-corrected chi connectivity index (χ0v) is 19.4. The van der Waals surface area contributed by atoms with E-state index >= 15 is 0 Å². The minimum Gasteiger partial charge on any atom is -0.496 e. The SMILES string of the molecule is COc1ccccc1C(=O)NCc1ccc(-c2nn([C@H]3C(F)[C@@H]4CCCC43)c(N)c2C(N)=O)cc1. The summed E-state index contributed by atoms with van der Waals surface area (Å²) in [5.74, 6) is -0.100. The first kappa shape index (κ1) is 22.9. The number of carbonyl (C=O) groups excluding carboxylic acids is 2. The molecule has 35 heavy (non-hydrogen) atoms. The van der Waals surface area contributed by atoms with Gasteiger partial charge in [0, 0.05) is 12.1 Å². The molecule has 0 saturated heterocycles. The maximum Gasteiger partial charge on any atom is 0.255 e. The molecular weight excluding hydrogens is 449 g/mol. The van der Waals surface area contributed by atoms with Gasteiger partial charge < -0.3 is 21.5 Å². The number of hydrogen-bond donors (Lipinski definition) is 3. The summed E-state index contributed by atoms with van der Waals surface area (Å²) in [4.78, 5) is 24.8. The number of nitrogen functional groups attached to an aromatic ring is 1. The van der Waals surface area contributed by atoms with Crippen molar-refractivity contribution in [2.75, 3.05) is 12.8 Å². The molecular formula is C26H28FN5O3. The monoisotopic (exact) mass is 477 g/mol. The van der Waals surface area contributed by atoms with E-state index in [0.717, 1.165) is 24.8 Å². The van der Waals surface area contributed by atoms with Gasteiger partial charge in [0.25, 0.3) is 11.8 Å². The van der Waals surface area contributed by atoms with Crippen molar-refractivity contribution in [2.45, 2.75) is 38.0 Å². The van der Waals surface area contributed by atoms with E-state index in [1.54, 1.807) is 36.4 Å². The first-order valence-corrected chi connectivity index (χ1v) is 11.7. The number of rotatable bonds is 7. The molecule has 1 aromatic heterocycles. The summed E-state index contributed by atoms with van der Waals surface area (Å²) in [5, 5.41) is 7.44. The maximum atomic E-state index is 14.8.